The van der Waals surface area contributed by atoms with Crippen LogP contribution < -0.4 is 10.6 Å². The molecule has 1 heterocycles. The molecular weight excluding hydrogens is 246 g/mol. The Balaban J connectivity index is 1.74. The van der Waals surface area contributed by atoms with Crippen molar-refractivity contribution >= 4 is 12.1 Å². The molecule has 6 nitrogen and oxygen atoms in total. The molecule has 3 amide bonds. The molecule has 0 aromatic carbocycles. The van der Waals surface area contributed by atoms with Crippen LogP contribution in [0.5, 0.6) is 0 Å². The van der Waals surface area contributed by atoms with Gasteiger partial charge in [0.15, 0.2) is 0 Å². The zero-order chi connectivity index (χ0) is 13.7. The lowest BCUT2D eigenvalue weighted by molar-refractivity contribution is 0.108. The molecule has 1 saturated carbocycles. The predicted octanol–water partition coefficient (Wildman–Crippen LogP) is 1.46. The van der Waals surface area contributed by atoms with Gasteiger partial charge in [0.2, 0.25) is 0 Å². The van der Waals surface area contributed by atoms with Gasteiger partial charge in [0.25, 0.3) is 0 Å². The average molecular weight is 269 g/mol. The number of hydrogen-bond donors (Lipinski definition) is 2. The number of carbonyl (C=O) groups is 2. The van der Waals surface area contributed by atoms with Gasteiger partial charge in [0.1, 0.15) is 0 Å². The predicted molar refractivity (Wildman–Crippen MR) is 70.9 cm³/mol. The summed E-state index contributed by atoms with van der Waals surface area (Å²) in [5.41, 5.74) is 0. The normalized spacial score (nSPS) is 24.1. The van der Waals surface area contributed by atoms with E-state index in [1.165, 1.54) is 20.0 Å². The number of urea groups is 1. The molecule has 0 bridgehead atoms. The summed E-state index contributed by atoms with van der Waals surface area (Å²) in [7, 11) is 1.38. The van der Waals surface area contributed by atoms with E-state index in [4.69, 9.17) is 4.74 Å². The summed E-state index contributed by atoms with van der Waals surface area (Å²) in [6.07, 6.45) is 6.03. The maximum Gasteiger partial charge on any atom is 0.409 e. The molecular formula is C13H23N3O3. The molecule has 2 fully saturated rings. The van der Waals surface area contributed by atoms with E-state index in [0.717, 1.165) is 25.7 Å². The molecule has 1 aliphatic heterocycles. The molecule has 108 valence electrons. The molecule has 0 aromatic heterocycles. The SMILES string of the molecule is COC(=O)N1CCCC(NC(=O)NC2CCCC2)C1. The zero-order valence-corrected chi connectivity index (χ0v) is 11.5. The summed E-state index contributed by atoms with van der Waals surface area (Å²) in [5, 5.41) is 5.95. The summed E-state index contributed by atoms with van der Waals surface area (Å²) >= 11 is 0. The summed E-state index contributed by atoms with van der Waals surface area (Å²) in [5.74, 6) is 0. The third-order valence-corrected chi connectivity index (χ3v) is 3.88. The van der Waals surface area contributed by atoms with E-state index in [0.29, 0.717) is 19.1 Å². The minimum atomic E-state index is -0.317. The van der Waals surface area contributed by atoms with Crippen molar-refractivity contribution < 1.29 is 14.3 Å². The second-order valence-electron chi connectivity index (χ2n) is 5.35. The van der Waals surface area contributed by atoms with Crippen molar-refractivity contribution in [2.45, 2.75) is 50.6 Å². The van der Waals surface area contributed by atoms with Crippen LogP contribution in [0.4, 0.5) is 9.59 Å². The number of likely N-dealkylation sites (tertiary alicyclic amines) is 1. The number of piperidine rings is 1. The van der Waals surface area contributed by atoms with Gasteiger partial charge in [-0.1, -0.05) is 12.8 Å². The zero-order valence-electron chi connectivity index (χ0n) is 11.5. The van der Waals surface area contributed by atoms with Gasteiger partial charge in [-0.2, -0.15) is 0 Å². The summed E-state index contributed by atoms with van der Waals surface area (Å²) in [6.45, 7) is 1.24. The summed E-state index contributed by atoms with van der Waals surface area (Å²) in [4.78, 5) is 25.0. The van der Waals surface area contributed by atoms with Crippen molar-refractivity contribution in [3.8, 4) is 0 Å². The first kappa shape index (κ1) is 14.0. The Kier molecular flexibility index (Phi) is 4.87. The first-order valence-corrected chi connectivity index (χ1v) is 7.09. The maximum absolute atomic E-state index is 11.9. The molecule has 0 aromatic rings. The molecule has 2 N–H and O–H groups in total. The molecule has 6 heteroatoms. The maximum atomic E-state index is 11.9. The lowest BCUT2D eigenvalue weighted by Crippen LogP contribution is -2.53. The Morgan fingerprint density at radius 1 is 1.05 bits per heavy atom. The number of nitrogens with one attached hydrogen (secondary N) is 2. The Labute approximate surface area is 113 Å². The van der Waals surface area contributed by atoms with E-state index in [1.807, 2.05) is 0 Å². The second kappa shape index (κ2) is 6.63. The Morgan fingerprint density at radius 2 is 1.68 bits per heavy atom. The topological polar surface area (TPSA) is 70.7 Å². The molecule has 0 radical (unpaired) electrons. The van der Waals surface area contributed by atoms with Crippen LogP contribution in [0.25, 0.3) is 0 Å². The van der Waals surface area contributed by atoms with Crippen molar-refractivity contribution in [1.82, 2.24) is 15.5 Å². The summed E-state index contributed by atoms with van der Waals surface area (Å²) in [6, 6.07) is 0.234. The Bertz CT molecular complexity index is 329. The van der Waals surface area contributed by atoms with Gasteiger partial charge in [0, 0.05) is 25.2 Å². The highest BCUT2D eigenvalue weighted by Gasteiger charge is 2.26. The third kappa shape index (κ3) is 4.01. The summed E-state index contributed by atoms with van der Waals surface area (Å²) < 4.78 is 4.71. The lowest BCUT2D eigenvalue weighted by Gasteiger charge is -2.32. The van der Waals surface area contributed by atoms with Crippen LogP contribution in [0.15, 0.2) is 0 Å². The van der Waals surface area contributed by atoms with E-state index in [2.05, 4.69) is 10.6 Å². The molecule has 1 saturated heterocycles. The number of hydrogen-bond acceptors (Lipinski definition) is 3. The molecule has 2 aliphatic rings. The Morgan fingerprint density at radius 3 is 2.37 bits per heavy atom. The fourth-order valence-corrected chi connectivity index (χ4v) is 2.87. The largest absolute Gasteiger partial charge is 0.453 e. The molecule has 1 unspecified atom stereocenters. The minimum absolute atomic E-state index is 0.0225. The third-order valence-electron chi connectivity index (χ3n) is 3.88. The minimum Gasteiger partial charge on any atom is -0.453 e. The van der Waals surface area contributed by atoms with E-state index in [9.17, 15) is 9.59 Å². The monoisotopic (exact) mass is 269 g/mol. The fourth-order valence-electron chi connectivity index (χ4n) is 2.87. The lowest BCUT2D eigenvalue weighted by atomic mass is 10.1. The van der Waals surface area contributed by atoms with Gasteiger partial charge < -0.3 is 20.3 Å². The van der Waals surface area contributed by atoms with Crippen LogP contribution >= 0.6 is 0 Å². The highest BCUT2D eigenvalue weighted by atomic mass is 16.5. The van der Waals surface area contributed by atoms with Crippen LogP contribution in [0.1, 0.15) is 38.5 Å². The number of amides is 3. The average Bonchev–Trinajstić information content (AvgIpc) is 2.90. The number of ether oxygens (including phenoxy) is 1. The quantitative estimate of drug-likeness (QED) is 0.797. The van der Waals surface area contributed by atoms with Crippen molar-refractivity contribution in [3.63, 3.8) is 0 Å². The van der Waals surface area contributed by atoms with E-state index < -0.39 is 0 Å². The van der Waals surface area contributed by atoms with Crippen LogP contribution in [-0.4, -0.2) is 49.3 Å². The fraction of sp³-hybridized carbons (Fsp3) is 0.846. The molecule has 1 aliphatic carbocycles. The van der Waals surface area contributed by atoms with Crippen LogP contribution in [0.2, 0.25) is 0 Å². The van der Waals surface area contributed by atoms with Crippen molar-refractivity contribution in [2.24, 2.45) is 0 Å². The van der Waals surface area contributed by atoms with Crippen LogP contribution in [-0.2, 0) is 4.74 Å². The van der Waals surface area contributed by atoms with Crippen LogP contribution in [0, 0.1) is 0 Å². The first-order valence-electron chi connectivity index (χ1n) is 7.09. The van der Waals surface area contributed by atoms with E-state index >= 15 is 0 Å². The van der Waals surface area contributed by atoms with Crippen molar-refractivity contribution in [1.29, 1.82) is 0 Å². The second-order valence-corrected chi connectivity index (χ2v) is 5.35. The number of rotatable bonds is 2. The van der Waals surface area contributed by atoms with Crippen molar-refractivity contribution in [2.75, 3.05) is 20.2 Å². The van der Waals surface area contributed by atoms with Gasteiger partial charge in [-0.25, -0.2) is 9.59 Å². The number of methoxy groups -OCH3 is 1. The van der Waals surface area contributed by atoms with Gasteiger partial charge in [0.05, 0.1) is 7.11 Å². The molecule has 19 heavy (non-hydrogen) atoms. The standard InChI is InChI=1S/C13H23N3O3/c1-19-13(18)16-8-4-7-11(9-16)15-12(17)14-10-5-2-3-6-10/h10-11H,2-9H2,1H3,(H2,14,15,17). The number of carbonyl (C=O) groups excluding carboxylic acids is 2. The van der Waals surface area contributed by atoms with Crippen molar-refractivity contribution in [3.05, 3.63) is 0 Å². The first-order chi connectivity index (χ1) is 9.19. The highest BCUT2D eigenvalue weighted by Crippen LogP contribution is 2.17. The Hall–Kier alpha value is -1.46. The van der Waals surface area contributed by atoms with E-state index in [1.54, 1.807) is 4.90 Å². The van der Waals surface area contributed by atoms with Gasteiger partial charge in [-0.05, 0) is 25.7 Å². The van der Waals surface area contributed by atoms with Gasteiger partial charge >= 0.3 is 12.1 Å². The van der Waals surface area contributed by atoms with Crippen LogP contribution in [0.3, 0.4) is 0 Å². The van der Waals surface area contributed by atoms with Gasteiger partial charge in [-0.3, -0.25) is 0 Å². The number of nitrogens with zero attached hydrogens (tertiary/aromatic N) is 1. The molecule has 1 atom stereocenters. The van der Waals surface area contributed by atoms with Gasteiger partial charge in [-0.15, -0.1) is 0 Å². The smallest absolute Gasteiger partial charge is 0.409 e. The molecule has 2 rings (SSSR count). The highest BCUT2D eigenvalue weighted by molar-refractivity contribution is 5.75. The van der Waals surface area contributed by atoms with E-state index in [-0.39, 0.29) is 18.2 Å². The molecule has 0 spiro atoms.